The largest absolute Gasteiger partial charge is 0.497 e. The second-order valence-electron chi connectivity index (χ2n) is 6.13. The highest BCUT2D eigenvalue weighted by molar-refractivity contribution is 5.94. The number of carbonyl (C=O) groups excluding carboxylic acids is 1. The number of ether oxygens (including phenoxy) is 1. The van der Waals surface area contributed by atoms with Crippen LogP contribution in [0.5, 0.6) is 5.75 Å². The summed E-state index contributed by atoms with van der Waals surface area (Å²) in [6.07, 6.45) is 0. The highest BCUT2D eigenvalue weighted by atomic mass is 19.1. The Morgan fingerprint density at radius 1 is 1.15 bits per heavy atom. The van der Waals surface area contributed by atoms with Gasteiger partial charge in [-0.2, -0.15) is 5.10 Å². The minimum atomic E-state index is -0.386. The van der Waals surface area contributed by atoms with Crippen molar-refractivity contribution in [2.24, 2.45) is 0 Å². The molecule has 6 heteroatoms. The number of nitrogens with one attached hydrogen (secondary N) is 1. The van der Waals surface area contributed by atoms with Crippen LogP contribution in [0.3, 0.4) is 0 Å². The highest BCUT2D eigenvalue weighted by Crippen LogP contribution is 2.25. The van der Waals surface area contributed by atoms with Crippen molar-refractivity contribution in [1.29, 1.82) is 0 Å². The number of rotatable bonds is 5. The van der Waals surface area contributed by atoms with Crippen molar-refractivity contribution in [3.8, 4) is 22.7 Å². The molecule has 5 nitrogen and oxygen atoms in total. The first-order chi connectivity index (χ1) is 12.5. The van der Waals surface area contributed by atoms with Crippen LogP contribution in [0, 0.1) is 5.82 Å². The third-order valence-electron chi connectivity index (χ3n) is 3.83. The van der Waals surface area contributed by atoms with Crippen LogP contribution in [0.1, 0.15) is 24.3 Å². The molecule has 1 heterocycles. The lowest BCUT2D eigenvalue weighted by Gasteiger charge is -2.10. The van der Waals surface area contributed by atoms with Gasteiger partial charge in [-0.25, -0.2) is 9.07 Å². The zero-order valence-corrected chi connectivity index (χ0v) is 14.9. The van der Waals surface area contributed by atoms with E-state index in [1.54, 1.807) is 55.6 Å². The summed E-state index contributed by atoms with van der Waals surface area (Å²) in [5.74, 6) is 0.0389. The Hall–Kier alpha value is -3.15. The number of nitrogens with zero attached hydrogens (tertiary/aromatic N) is 2. The second kappa shape index (κ2) is 7.39. The summed E-state index contributed by atoms with van der Waals surface area (Å²) < 4.78 is 20.8. The number of methoxy groups -OCH3 is 1. The van der Waals surface area contributed by atoms with Crippen molar-refractivity contribution in [2.45, 2.75) is 19.9 Å². The van der Waals surface area contributed by atoms with Crippen LogP contribution in [-0.4, -0.2) is 28.8 Å². The Labute approximate surface area is 151 Å². The molecule has 26 heavy (non-hydrogen) atoms. The van der Waals surface area contributed by atoms with Crippen molar-refractivity contribution in [3.63, 3.8) is 0 Å². The zero-order valence-electron chi connectivity index (χ0n) is 14.9. The molecule has 0 radical (unpaired) electrons. The Kier molecular flexibility index (Phi) is 5.02. The van der Waals surface area contributed by atoms with Gasteiger partial charge in [0.25, 0.3) is 5.91 Å². The van der Waals surface area contributed by atoms with Crippen molar-refractivity contribution >= 4 is 5.91 Å². The first-order valence-electron chi connectivity index (χ1n) is 8.30. The van der Waals surface area contributed by atoms with Gasteiger partial charge in [0.05, 0.1) is 18.5 Å². The molecule has 1 N–H and O–H groups in total. The standard InChI is InChI=1S/C20H20FN3O2/c1-13(2)22-20(25)19-12-18(16-6-4-5-7-17(16)21)23-24(19)14-8-10-15(26-3)11-9-14/h4-13H,1-3H3,(H,22,25). The molecule has 134 valence electrons. The quantitative estimate of drug-likeness (QED) is 0.758. The van der Waals surface area contributed by atoms with Gasteiger partial charge in [0, 0.05) is 11.6 Å². The SMILES string of the molecule is COc1ccc(-n2nc(-c3ccccc3F)cc2C(=O)NC(C)C)cc1. The van der Waals surface area contributed by atoms with Gasteiger partial charge in [0.15, 0.2) is 0 Å². The summed E-state index contributed by atoms with van der Waals surface area (Å²) in [5, 5.41) is 7.32. The second-order valence-corrected chi connectivity index (χ2v) is 6.13. The molecule has 1 amide bonds. The number of hydrogen-bond donors (Lipinski definition) is 1. The van der Waals surface area contributed by atoms with E-state index in [4.69, 9.17) is 4.74 Å². The third kappa shape index (κ3) is 3.59. The van der Waals surface area contributed by atoms with Gasteiger partial charge in [0.2, 0.25) is 0 Å². The lowest BCUT2D eigenvalue weighted by Crippen LogP contribution is -2.31. The summed E-state index contributed by atoms with van der Waals surface area (Å²) in [4.78, 5) is 12.6. The summed E-state index contributed by atoms with van der Waals surface area (Å²) in [6.45, 7) is 3.76. The van der Waals surface area contributed by atoms with Crippen molar-refractivity contribution < 1.29 is 13.9 Å². The van der Waals surface area contributed by atoms with Crippen molar-refractivity contribution in [2.75, 3.05) is 7.11 Å². The van der Waals surface area contributed by atoms with Crippen LogP contribution in [0.15, 0.2) is 54.6 Å². The molecular weight excluding hydrogens is 333 g/mol. The smallest absolute Gasteiger partial charge is 0.270 e. The molecule has 3 aromatic rings. The number of aromatic nitrogens is 2. The molecular formula is C20H20FN3O2. The average molecular weight is 353 g/mol. The molecule has 0 unspecified atom stereocenters. The number of hydrogen-bond acceptors (Lipinski definition) is 3. The molecule has 0 aliphatic heterocycles. The van der Waals surface area contributed by atoms with Crippen LogP contribution in [0.4, 0.5) is 4.39 Å². The number of halogens is 1. The number of amides is 1. The van der Waals surface area contributed by atoms with Gasteiger partial charge >= 0.3 is 0 Å². The summed E-state index contributed by atoms with van der Waals surface area (Å²) in [5.41, 5.74) is 1.76. The monoisotopic (exact) mass is 353 g/mol. The van der Waals surface area contributed by atoms with Gasteiger partial charge in [-0.3, -0.25) is 4.79 Å². The fourth-order valence-electron chi connectivity index (χ4n) is 2.60. The lowest BCUT2D eigenvalue weighted by molar-refractivity contribution is 0.0935. The van der Waals surface area contributed by atoms with E-state index < -0.39 is 0 Å². The molecule has 0 bridgehead atoms. The Morgan fingerprint density at radius 2 is 1.85 bits per heavy atom. The molecule has 2 aromatic carbocycles. The van der Waals surface area contributed by atoms with Gasteiger partial charge in [0.1, 0.15) is 17.3 Å². The van der Waals surface area contributed by atoms with Crippen LogP contribution < -0.4 is 10.1 Å². The zero-order chi connectivity index (χ0) is 18.7. The van der Waals surface area contributed by atoms with E-state index in [-0.39, 0.29) is 17.8 Å². The van der Waals surface area contributed by atoms with Gasteiger partial charge < -0.3 is 10.1 Å². The van der Waals surface area contributed by atoms with Gasteiger partial charge in [-0.05, 0) is 56.3 Å². The molecule has 1 aromatic heterocycles. The highest BCUT2D eigenvalue weighted by Gasteiger charge is 2.19. The van der Waals surface area contributed by atoms with E-state index in [2.05, 4.69) is 10.4 Å². The first kappa shape index (κ1) is 17.7. The van der Waals surface area contributed by atoms with Gasteiger partial charge in [-0.15, -0.1) is 0 Å². The fourth-order valence-corrected chi connectivity index (χ4v) is 2.60. The van der Waals surface area contributed by atoms with E-state index in [0.29, 0.717) is 28.4 Å². The normalized spacial score (nSPS) is 10.8. The number of carbonyl (C=O) groups is 1. The van der Waals surface area contributed by atoms with Gasteiger partial charge in [-0.1, -0.05) is 12.1 Å². The van der Waals surface area contributed by atoms with Crippen LogP contribution >= 0.6 is 0 Å². The maximum Gasteiger partial charge on any atom is 0.270 e. The number of benzene rings is 2. The molecule has 3 rings (SSSR count). The topological polar surface area (TPSA) is 56.2 Å². The van der Waals surface area contributed by atoms with Crippen LogP contribution in [0.2, 0.25) is 0 Å². The minimum Gasteiger partial charge on any atom is -0.497 e. The minimum absolute atomic E-state index is 0.0290. The summed E-state index contributed by atoms with van der Waals surface area (Å²) >= 11 is 0. The Morgan fingerprint density at radius 3 is 2.46 bits per heavy atom. The molecule has 0 saturated heterocycles. The van der Waals surface area contributed by atoms with Crippen molar-refractivity contribution in [3.05, 3.63) is 66.1 Å². The molecule has 0 fully saturated rings. The van der Waals surface area contributed by atoms with Crippen molar-refractivity contribution in [1.82, 2.24) is 15.1 Å². The molecule has 0 spiro atoms. The summed E-state index contributed by atoms with van der Waals surface area (Å²) in [7, 11) is 1.58. The average Bonchev–Trinajstić information content (AvgIpc) is 3.07. The predicted molar refractivity (Wildman–Crippen MR) is 98.1 cm³/mol. The third-order valence-corrected chi connectivity index (χ3v) is 3.83. The summed E-state index contributed by atoms with van der Waals surface area (Å²) in [6, 6.07) is 15.1. The first-order valence-corrected chi connectivity index (χ1v) is 8.30. The van der Waals surface area contributed by atoms with E-state index in [1.807, 2.05) is 13.8 Å². The van der Waals surface area contributed by atoms with E-state index >= 15 is 0 Å². The van der Waals surface area contributed by atoms with Crippen LogP contribution in [-0.2, 0) is 0 Å². The fraction of sp³-hybridized carbons (Fsp3) is 0.200. The molecule has 0 saturated carbocycles. The maximum absolute atomic E-state index is 14.2. The molecule has 0 atom stereocenters. The van der Waals surface area contributed by atoms with E-state index in [0.717, 1.165) is 0 Å². The maximum atomic E-state index is 14.2. The molecule has 0 aliphatic rings. The van der Waals surface area contributed by atoms with E-state index in [9.17, 15) is 9.18 Å². The van der Waals surface area contributed by atoms with E-state index in [1.165, 1.54) is 10.7 Å². The predicted octanol–water partition coefficient (Wildman–Crippen LogP) is 3.83. The lowest BCUT2D eigenvalue weighted by atomic mass is 10.1. The Bertz CT molecular complexity index is 917. The molecule has 0 aliphatic carbocycles. The Balaban J connectivity index is 2.11. The van der Waals surface area contributed by atoms with Crippen LogP contribution in [0.25, 0.3) is 16.9 Å².